The fourth-order valence-corrected chi connectivity index (χ4v) is 12.2. The zero-order valence-corrected chi connectivity index (χ0v) is 50.8. The fourth-order valence-electron chi connectivity index (χ4n) is 11.6. The van der Waals surface area contributed by atoms with E-state index in [1.165, 1.54) is 26.3 Å². The monoisotopic (exact) mass is 1250 g/mol. The van der Waals surface area contributed by atoms with Gasteiger partial charge in [-0.1, -0.05) is 13.8 Å². The van der Waals surface area contributed by atoms with Gasteiger partial charge in [0.15, 0.2) is 22.8 Å². The summed E-state index contributed by atoms with van der Waals surface area (Å²) in [5, 5.41) is 60.2. The standard InChI is InChI=1S/C56H88FIN4O18/c1-29-25-54(7,70)48(79-52-45(65)41(60(10)11)22-30(2)75-52)31(3)46(32(4)51(69)80-53(58)56(9,71)47(66)33(5)61(12)27-29)78-43-26-55(8,72-13)49(34(6)76-43)77-42(63)16-18-73-20-21-74-19-17-59-39-24-40-36(23-38(39)57)44(64)37(50(67)68)28-62(40)35-14-15-35/h23-24,28-35,41,43,45-49,52-53,59,65-66,70-71H,14-22,25-27H2,1-13H3,(H,67,68)/t29-,30-,31+,32-,33-,34+,41+,43-,45-,46+,47-,48-,49+,52?,53+,54-,55-,56+/m1/s1. The van der Waals surface area contributed by atoms with Crippen LogP contribution in [-0.2, 0) is 52.2 Å². The number of methoxy groups -OCH3 is 1. The number of ether oxygens (including phenoxy) is 9. The van der Waals surface area contributed by atoms with E-state index in [9.17, 15) is 44.7 Å². The maximum absolute atomic E-state index is 15.1. The highest BCUT2D eigenvalue weighted by Crippen LogP contribution is 2.42. The number of hydrogen-bond donors (Lipinski definition) is 6. The molecule has 6 N–H and O–H groups in total. The molecule has 4 heterocycles. The molecule has 0 spiro atoms. The molecule has 3 saturated heterocycles. The van der Waals surface area contributed by atoms with Gasteiger partial charge in [-0.15, -0.1) is 0 Å². The average Bonchev–Trinajstić information content (AvgIpc) is 4.26. The molecule has 454 valence electrons. The van der Waals surface area contributed by atoms with E-state index in [4.69, 9.17) is 42.6 Å². The largest absolute Gasteiger partial charge is 0.477 e. The Kier molecular flexibility index (Phi) is 22.8. The fraction of sp³-hybridized carbons (Fsp3) is 0.786. The summed E-state index contributed by atoms with van der Waals surface area (Å²) in [6.07, 6.45) is -5.55. The van der Waals surface area contributed by atoms with Crippen molar-refractivity contribution in [2.45, 2.75) is 195 Å². The van der Waals surface area contributed by atoms with Crippen molar-refractivity contribution in [1.82, 2.24) is 14.4 Å². The van der Waals surface area contributed by atoms with E-state index in [2.05, 4.69) is 5.32 Å². The first-order valence-corrected chi connectivity index (χ1v) is 29.1. The van der Waals surface area contributed by atoms with E-state index in [0.29, 0.717) is 18.5 Å². The minimum absolute atomic E-state index is 0.00139. The number of nitrogens with one attached hydrogen (secondary N) is 1. The molecule has 3 aliphatic heterocycles. The summed E-state index contributed by atoms with van der Waals surface area (Å²) in [6, 6.07) is 1.67. The third kappa shape index (κ3) is 15.7. The van der Waals surface area contributed by atoms with Crippen LogP contribution in [0.25, 0.3) is 10.9 Å². The molecule has 1 saturated carbocycles. The van der Waals surface area contributed by atoms with Crippen molar-refractivity contribution in [2.75, 3.05) is 73.1 Å². The maximum atomic E-state index is 15.1. The number of rotatable bonds is 19. The summed E-state index contributed by atoms with van der Waals surface area (Å²) >= 11 is 1.81. The van der Waals surface area contributed by atoms with Gasteiger partial charge in [0.25, 0.3) is 0 Å². The number of cyclic esters (lactones) is 1. The number of carbonyl (C=O) groups excluding carboxylic acids is 2. The number of likely N-dealkylation sites (N-methyl/N-ethyl adjacent to an activating group) is 2. The van der Waals surface area contributed by atoms with Gasteiger partial charge in [-0.3, -0.25) is 14.4 Å². The molecule has 0 amide bonds. The van der Waals surface area contributed by atoms with E-state index in [1.807, 2.05) is 37.7 Å². The molecule has 4 aliphatic rings. The smallest absolute Gasteiger partial charge is 0.341 e. The molecule has 24 heteroatoms. The first kappa shape index (κ1) is 65.9. The van der Waals surface area contributed by atoms with Gasteiger partial charge in [-0.2, -0.15) is 0 Å². The van der Waals surface area contributed by atoms with Gasteiger partial charge in [0.1, 0.15) is 34.8 Å². The van der Waals surface area contributed by atoms with Gasteiger partial charge >= 0.3 is 17.9 Å². The Balaban J connectivity index is 1.09. The van der Waals surface area contributed by atoms with E-state index < -0.39 is 123 Å². The molecule has 18 atom stereocenters. The minimum atomic E-state index is -1.90. The number of aromatic carboxylic acids is 1. The predicted molar refractivity (Wildman–Crippen MR) is 300 cm³/mol. The molecule has 2 aromatic rings. The highest BCUT2D eigenvalue weighted by Gasteiger charge is 2.54. The number of aliphatic hydroxyl groups is 4. The molecule has 6 rings (SSSR count). The molecule has 4 fully saturated rings. The number of halogens is 2. The first-order chi connectivity index (χ1) is 37.4. The number of nitrogens with zero attached hydrogens (tertiary/aromatic N) is 3. The van der Waals surface area contributed by atoms with E-state index >= 15 is 4.39 Å². The molecule has 1 aromatic carbocycles. The Morgan fingerprint density at radius 3 is 2.23 bits per heavy atom. The molecule has 1 unspecified atom stereocenters. The molecular weight excluding hydrogens is 1160 g/mol. The summed E-state index contributed by atoms with van der Waals surface area (Å²) in [5.41, 5.74) is -5.30. The number of benzene rings is 1. The van der Waals surface area contributed by atoms with Crippen LogP contribution < -0.4 is 10.7 Å². The molecule has 1 aromatic heterocycles. The molecule has 80 heavy (non-hydrogen) atoms. The number of carbonyl (C=O) groups is 3. The number of aromatic nitrogens is 1. The topological polar surface area (TPSA) is 276 Å². The van der Waals surface area contributed by atoms with E-state index in [-0.39, 0.29) is 87.4 Å². The molecular formula is C56H88FIN4O18. The van der Waals surface area contributed by atoms with Crippen LogP contribution >= 0.6 is 22.6 Å². The van der Waals surface area contributed by atoms with Gasteiger partial charge < -0.3 is 87.8 Å². The first-order valence-electron chi connectivity index (χ1n) is 27.8. The number of fused-ring (bicyclic) bond motifs is 1. The lowest BCUT2D eigenvalue weighted by Gasteiger charge is -2.49. The van der Waals surface area contributed by atoms with Gasteiger partial charge in [-0.05, 0) is 136 Å². The number of carboxylic acids is 1. The van der Waals surface area contributed by atoms with Crippen LogP contribution in [0.1, 0.15) is 117 Å². The van der Waals surface area contributed by atoms with Gasteiger partial charge in [0.05, 0.1) is 80.0 Å². The average molecular weight is 1250 g/mol. The van der Waals surface area contributed by atoms with Gasteiger partial charge in [0.2, 0.25) is 5.43 Å². The summed E-state index contributed by atoms with van der Waals surface area (Å²) in [6.45, 7) is 16.6. The zero-order valence-electron chi connectivity index (χ0n) is 48.6. The van der Waals surface area contributed by atoms with Crippen molar-refractivity contribution >= 4 is 57.1 Å². The Hall–Kier alpha value is -3.22. The number of aliphatic hydroxyl groups excluding tert-OH is 2. The lowest BCUT2D eigenvalue weighted by Crippen LogP contribution is -2.61. The van der Waals surface area contributed by atoms with Crippen LogP contribution in [0.2, 0.25) is 0 Å². The lowest BCUT2D eigenvalue weighted by molar-refractivity contribution is -0.318. The quantitative estimate of drug-likeness (QED) is 0.0490. The minimum Gasteiger partial charge on any atom is -0.477 e. The van der Waals surface area contributed by atoms with Crippen LogP contribution in [0.3, 0.4) is 0 Å². The Bertz CT molecular complexity index is 2480. The molecule has 0 radical (unpaired) electrons. The second-order valence-corrected chi connectivity index (χ2v) is 24.7. The van der Waals surface area contributed by atoms with Crippen LogP contribution in [0.5, 0.6) is 0 Å². The third-order valence-electron chi connectivity index (χ3n) is 16.5. The Morgan fingerprint density at radius 1 is 0.938 bits per heavy atom. The Labute approximate surface area is 482 Å². The van der Waals surface area contributed by atoms with Gasteiger partial charge in [0, 0.05) is 62.2 Å². The normalized spacial score (nSPS) is 37.2. The highest BCUT2D eigenvalue weighted by molar-refractivity contribution is 14.1. The number of anilines is 1. The summed E-state index contributed by atoms with van der Waals surface area (Å²) in [5.74, 6) is -5.62. The SMILES string of the molecule is CO[C@]1(C)C[C@@H](O[C@H]2[C@H](C)[C@@H](OC3O[C@H](C)C[C@H](N(C)C)[C@H]3O)[C@](C)(O)C[C@@H](C)CN(C)[C@H](C)[C@@H](O)[C@](C)(O)[C@@H](I)OC(=O)[C@@H]2C)O[C@@H](C)[C@@H]1OC(=O)CCOCCOCCNc1cc2c(cc1F)c(=O)c(C(=O)O)cn2C1CC1. The highest BCUT2D eigenvalue weighted by atomic mass is 127. The van der Waals surface area contributed by atoms with Crippen molar-refractivity contribution < 1.29 is 86.9 Å². The lowest BCUT2D eigenvalue weighted by atomic mass is 9.77. The van der Waals surface area contributed by atoms with Crippen molar-refractivity contribution in [3.05, 3.63) is 39.9 Å². The van der Waals surface area contributed by atoms with Crippen LogP contribution in [0, 0.1) is 23.6 Å². The van der Waals surface area contributed by atoms with Crippen LogP contribution in [0.15, 0.2) is 23.1 Å². The van der Waals surface area contributed by atoms with Crippen molar-refractivity contribution in [3.63, 3.8) is 0 Å². The number of carboxylic acid groups (broad SMARTS) is 1. The third-order valence-corrected chi connectivity index (χ3v) is 18.0. The maximum Gasteiger partial charge on any atom is 0.341 e. The summed E-state index contributed by atoms with van der Waals surface area (Å²) in [4.78, 5) is 56.1. The van der Waals surface area contributed by atoms with Crippen LogP contribution in [0.4, 0.5) is 10.1 Å². The summed E-state index contributed by atoms with van der Waals surface area (Å²) < 4.78 is 71.3. The van der Waals surface area contributed by atoms with Crippen molar-refractivity contribution in [1.29, 1.82) is 0 Å². The Morgan fingerprint density at radius 2 is 1.60 bits per heavy atom. The van der Waals surface area contributed by atoms with Crippen LogP contribution in [-0.4, -0.2) is 214 Å². The summed E-state index contributed by atoms with van der Waals surface area (Å²) in [7, 11) is 7.00. The van der Waals surface area contributed by atoms with E-state index in [1.54, 1.807) is 75.7 Å². The van der Waals surface area contributed by atoms with E-state index in [0.717, 1.165) is 18.9 Å². The molecule has 1 aliphatic carbocycles. The second-order valence-electron chi connectivity index (χ2n) is 23.6. The number of pyridine rings is 1. The molecule has 22 nitrogen and oxygen atoms in total. The second kappa shape index (κ2) is 27.7. The number of esters is 2. The number of alkyl halides is 1. The van der Waals surface area contributed by atoms with Crippen molar-refractivity contribution in [3.8, 4) is 0 Å². The zero-order chi connectivity index (χ0) is 59.3. The van der Waals surface area contributed by atoms with Crippen molar-refractivity contribution in [2.24, 2.45) is 17.8 Å². The number of hydrogen-bond acceptors (Lipinski definition) is 20. The predicted octanol–water partition coefficient (Wildman–Crippen LogP) is 4.46. The van der Waals surface area contributed by atoms with Gasteiger partial charge in [-0.25, -0.2) is 9.18 Å². The molecule has 0 bridgehead atoms.